The Balaban J connectivity index is 1.77. The van der Waals surface area contributed by atoms with Gasteiger partial charge in [-0.15, -0.1) is 0 Å². The van der Waals surface area contributed by atoms with E-state index in [1.165, 1.54) is 9.47 Å². The van der Waals surface area contributed by atoms with Crippen molar-refractivity contribution in [3.8, 4) is 11.8 Å². The molecule has 1 aliphatic carbocycles. The SMILES string of the molecule is Cc1cc2c(cc1N1C(=O)c3c(C#CC(C)(C)O)ccc4c3C(=O)C1C=C4)n(C)c(=O)n2C. The molecule has 0 saturated heterocycles. The second kappa shape index (κ2) is 6.80. The van der Waals surface area contributed by atoms with Crippen molar-refractivity contribution in [2.24, 2.45) is 14.1 Å². The van der Waals surface area contributed by atoms with Gasteiger partial charge in [-0.05, 0) is 50.1 Å². The zero-order valence-electron chi connectivity index (χ0n) is 19.1. The highest BCUT2D eigenvalue weighted by molar-refractivity contribution is 6.26. The average molecular weight is 441 g/mol. The van der Waals surface area contributed by atoms with Crippen LogP contribution >= 0.6 is 0 Å². The Morgan fingerprint density at radius 3 is 2.33 bits per heavy atom. The summed E-state index contributed by atoms with van der Waals surface area (Å²) in [7, 11) is 3.38. The molecular formula is C26H23N3O4. The van der Waals surface area contributed by atoms with Crippen LogP contribution < -0.4 is 10.6 Å². The normalized spacial score (nSPS) is 16.9. The first-order chi connectivity index (χ1) is 15.5. The van der Waals surface area contributed by atoms with E-state index >= 15 is 0 Å². The lowest BCUT2D eigenvalue weighted by Crippen LogP contribution is -2.51. The first-order valence-corrected chi connectivity index (χ1v) is 10.6. The van der Waals surface area contributed by atoms with Crippen LogP contribution in [0.4, 0.5) is 5.69 Å². The van der Waals surface area contributed by atoms with Gasteiger partial charge in [0.25, 0.3) is 5.91 Å². The van der Waals surface area contributed by atoms with Crippen LogP contribution in [0.25, 0.3) is 17.1 Å². The molecule has 7 heteroatoms. The Morgan fingerprint density at radius 2 is 1.67 bits per heavy atom. The molecule has 1 unspecified atom stereocenters. The molecule has 0 spiro atoms. The molecular weight excluding hydrogens is 418 g/mol. The second-order valence-corrected chi connectivity index (χ2v) is 9.13. The summed E-state index contributed by atoms with van der Waals surface area (Å²) < 4.78 is 3.08. The highest BCUT2D eigenvalue weighted by Crippen LogP contribution is 2.38. The summed E-state index contributed by atoms with van der Waals surface area (Å²) in [6.07, 6.45) is 3.59. The van der Waals surface area contributed by atoms with Crippen molar-refractivity contribution in [2.75, 3.05) is 4.90 Å². The van der Waals surface area contributed by atoms with Gasteiger partial charge in [0.15, 0.2) is 5.78 Å². The number of nitrogens with zero attached hydrogens (tertiary/aromatic N) is 3. The first kappa shape index (κ1) is 21.0. The number of hydrogen-bond acceptors (Lipinski definition) is 4. The van der Waals surface area contributed by atoms with Gasteiger partial charge in [-0.2, -0.15) is 0 Å². The number of Topliss-reactive ketones (excluding diaryl/α,β-unsaturated/α-hetero) is 1. The third kappa shape index (κ3) is 2.99. The van der Waals surface area contributed by atoms with Crippen LogP contribution in [0.5, 0.6) is 0 Å². The molecule has 2 heterocycles. The Bertz CT molecular complexity index is 1550. The van der Waals surface area contributed by atoms with Gasteiger partial charge in [-0.25, -0.2) is 4.79 Å². The zero-order chi connectivity index (χ0) is 23.8. The van der Waals surface area contributed by atoms with Crippen LogP contribution in [0.2, 0.25) is 0 Å². The van der Waals surface area contributed by atoms with Gasteiger partial charge in [0.1, 0.15) is 11.6 Å². The van der Waals surface area contributed by atoms with Gasteiger partial charge in [-0.1, -0.05) is 30.1 Å². The van der Waals surface area contributed by atoms with Crippen molar-refractivity contribution in [3.63, 3.8) is 0 Å². The fourth-order valence-electron chi connectivity index (χ4n) is 4.61. The van der Waals surface area contributed by atoms with Crippen molar-refractivity contribution in [1.29, 1.82) is 0 Å². The van der Waals surface area contributed by atoms with Crippen LogP contribution in [-0.2, 0) is 14.1 Å². The van der Waals surface area contributed by atoms with E-state index in [2.05, 4.69) is 11.8 Å². The molecule has 0 radical (unpaired) electrons. The molecule has 5 rings (SSSR count). The summed E-state index contributed by atoms with van der Waals surface area (Å²) in [5.74, 6) is 5.14. The van der Waals surface area contributed by atoms with Gasteiger partial charge in [0, 0.05) is 25.2 Å². The molecule has 1 aromatic heterocycles. The van der Waals surface area contributed by atoms with Crippen LogP contribution in [0, 0.1) is 18.8 Å². The Hall–Kier alpha value is -3.89. The molecule has 3 aromatic rings. The summed E-state index contributed by atoms with van der Waals surface area (Å²) in [6, 6.07) is 6.36. The van der Waals surface area contributed by atoms with Crippen LogP contribution in [0.1, 0.15) is 51.3 Å². The van der Waals surface area contributed by atoms with E-state index in [0.29, 0.717) is 27.9 Å². The topological polar surface area (TPSA) is 84.5 Å². The number of aryl methyl sites for hydroxylation is 3. The van der Waals surface area contributed by atoms with E-state index in [-0.39, 0.29) is 22.9 Å². The molecule has 7 nitrogen and oxygen atoms in total. The van der Waals surface area contributed by atoms with E-state index in [0.717, 1.165) is 11.1 Å². The fourth-order valence-corrected chi connectivity index (χ4v) is 4.61. The quantitative estimate of drug-likeness (QED) is 0.589. The minimum atomic E-state index is -1.24. The number of rotatable bonds is 1. The van der Waals surface area contributed by atoms with Gasteiger partial charge in [0.2, 0.25) is 0 Å². The van der Waals surface area contributed by atoms with Crippen molar-refractivity contribution in [2.45, 2.75) is 32.4 Å². The maximum Gasteiger partial charge on any atom is 0.328 e. The van der Waals surface area contributed by atoms with Gasteiger partial charge in [-0.3, -0.25) is 23.6 Å². The predicted molar refractivity (Wildman–Crippen MR) is 126 cm³/mol. The summed E-state index contributed by atoms with van der Waals surface area (Å²) in [4.78, 5) is 41.3. The minimum absolute atomic E-state index is 0.167. The second-order valence-electron chi connectivity index (χ2n) is 9.13. The maximum atomic E-state index is 13.9. The highest BCUT2D eigenvalue weighted by Gasteiger charge is 2.43. The molecule has 2 aromatic carbocycles. The third-order valence-electron chi connectivity index (χ3n) is 6.27. The predicted octanol–water partition coefficient (Wildman–Crippen LogP) is 2.55. The number of aliphatic hydroxyl groups is 1. The minimum Gasteiger partial charge on any atom is -0.378 e. The van der Waals surface area contributed by atoms with E-state index in [4.69, 9.17) is 0 Å². The Labute approximate surface area is 190 Å². The van der Waals surface area contributed by atoms with Crippen LogP contribution in [0.3, 0.4) is 0 Å². The third-order valence-corrected chi connectivity index (χ3v) is 6.27. The van der Waals surface area contributed by atoms with Crippen molar-refractivity contribution in [3.05, 3.63) is 68.6 Å². The molecule has 1 atom stereocenters. The van der Waals surface area contributed by atoms with E-state index in [1.54, 1.807) is 56.8 Å². The molecule has 0 fully saturated rings. The van der Waals surface area contributed by atoms with Gasteiger partial charge >= 0.3 is 5.69 Å². The lowest BCUT2D eigenvalue weighted by molar-refractivity contribution is 0.0885. The molecule has 2 bridgehead atoms. The number of anilines is 1. The number of ketones is 1. The number of carbonyl (C=O) groups excluding carboxylic acids is 2. The average Bonchev–Trinajstić information content (AvgIpc) is 2.96. The molecule has 33 heavy (non-hydrogen) atoms. The summed E-state index contributed by atoms with van der Waals surface area (Å²) in [6.45, 7) is 4.98. The first-order valence-electron chi connectivity index (χ1n) is 10.6. The Morgan fingerprint density at radius 1 is 1.00 bits per heavy atom. The molecule has 1 aliphatic heterocycles. The summed E-state index contributed by atoms with van der Waals surface area (Å²) in [5.41, 5.74) is 3.05. The summed E-state index contributed by atoms with van der Waals surface area (Å²) in [5, 5.41) is 10.0. The standard InChI is InChI=1S/C26H23N3O4/c1-14-12-19-20(28(5)25(32)27(19)4)13-18(14)29-17-9-8-15-6-7-16(10-11-26(2,3)33)22(24(29)31)21(15)23(17)30/h6-9,12-13,17,33H,1-5H3. The highest BCUT2D eigenvalue weighted by atomic mass is 16.3. The smallest absolute Gasteiger partial charge is 0.328 e. The van der Waals surface area contributed by atoms with Gasteiger partial charge in [0.05, 0.1) is 22.3 Å². The number of benzene rings is 2. The molecule has 166 valence electrons. The number of amides is 1. The number of imidazole rings is 1. The largest absolute Gasteiger partial charge is 0.378 e. The maximum absolute atomic E-state index is 13.9. The van der Waals surface area contributed by atoms with E-state index in [1.807, 2.05) is 19.1 Å². The molecule has 2 aliphatic rings. The van der Waals surface area contributed by atoms with Crippen molar-refractivity contribution >= 4 is 34.5 Å². The molecule has 1 amide bonds. The van der Waals surface area contributed by atoms with Crippen molar-refractivity contribution < 1.29 is 14.7 Å². The number of hydrogen-bond donors (Lipinski definition) is 1. The fraction of sp³-hybridized carbons (Fsp3) is 0.269. The number of carbonyl (C=O) groups is 2. The molecule has 1 N–H and O–H groups in total. The Kier molecular flexibility index (Phi) is 4.33. The van der Waals surface area contributed by atoms with E-state index < -0.39 is 11.6 Å². The van der Waals surface area contributed by atoms with Gasteiger partial charge < -0.3 is 5.11 Å². The monoisotopic (exact) mass is 441 g/mol. The van der Waals surface area contributed by atoms with E-state index in [9.17, 15) is 19.5 Å². The zero-order valence-corrected chi connectivity index (χ0v) is 19.1. The van der Waals surface area contributed by atoms with Crippen LogP contribution in [0.15, 0.2) is 35.1 Å². The summed E-state index contributed by atoms with van der Waals surface area (Å²) >= 11 is 0. The lowest BCUT2D eigenvalue weighted by Gasteiger charge is -2.37. The van der Waals surface area contributed by atoms with Crippen molar-refractivity contribution in [1.82, 2.24) is 9.13 Å². The lowest BCUT2D eigenvalue weighted by atomic mass is 9.81. The number of aromatic nitrogens is 2. The number of fused-ring (bicyclic) bond motifs is 2. The van der Waals surface area contributed by atoms with Crippen LogP contribution in [-0.4, -0.2) is 37.6 Å². The molecule has 0 saturated carbocycles.